The summed E-state index contributed by atoms with van der Waals surface area (Å²) in [6.07, 6.45) is 0. The Morgan fingerprint density at radius 2 is 1.77 bits per heavy atom. The molecule has 0 aromatic heterocycles. The van der Waals surface area contributed by atoms with Gasteiger partial charge in [-0.2, -0.15) is 0 Å². The van der Waals surface area contributed by atoms with Crippen LogP contribution in [-0.2, 0) is 14.8 Å². The maximum absolute atomic E-state index is 12.1. The van der Waals surface area contributed by atoms with Gasteiger partial charge in [-0.15, -0.1) is 0 Å². The molecule has 0 saturated heterocycles. The first-order valence-electron chi connectivity index (χ1n) is 8.15. The molecule has 26 heavy (non-hydrogen) atoms. The zero-order valence-electron chi connectivity index (χ0n) is 15.7. The van der Waals surface area contributed by atoms with Crippen molar-refractivity contribution in [3.05, 3.63) is 53.1 Å². The number of amides is 1. The zero-order valence-corrected chi connectivity index (χ0v) is 16.5. The molecule has 0 spiro atoms. The number of nitrogens with zero attached hydrogens (tertiary/aromatic N) is 1. The normalized spacial score (nSPS) is 11.5. The van der Waals surface area contributed by atoms with E-state index in [1.54, 1.807) is 13.0 Å². The zero-order chi connectivity index (χ0) is 19.5. The van der Waals surface area contributed by atoms with Crippen LogP contribution >= 0.6 is 0 Å². The molecule has 0 atom stereocenters. The van der Waals surface area contributed by atoms with Crippen LogP contribution < -0.4 is 10.1 Å². The minimum atomic E-state index is -3.50. The highest BCUT2D eigenvalue weighted by Gasteiger charge is 2.18. The molecule has 6 nitrogen and oxygen atoms in total. The van der Waals surface area contributed by atoms with E-state index in [-0.39, 0.29) is 17.4 Å². The van der Waals surface area contributed by atoms with E-state index in [2.05, 4.69) is 5.32 Å². The Hall–Kier alpha value is -2.38. The number of aryl methyl sites for hydroxylation is 2. The highest BCUT2D eigenvalue weighted by Crippen LogP contribution is 2.23. The molecule has 0 bridgehead atoms. The number of carbonyl (C=O) groups is 1. The molecule has 2 aromatic carbocycles. The van der Waals surface area contributed by atoms with Gasteiger partial charge in [0.05, 0.1) is 4.90 Å². The molecule has 0 unspecified atom stereocenters. The van der Waals surface area contributed by atoms with E-state index in [4.69, 9.17) is 4.74 Å². The van der Waals surface area contributed by atoms with Crippen LogP contribution in [0.2, 0.25) is 0 Å². The van der Waals surface area contributed by atoms with E-state index in [9.17, 15) is 13.2 Å². The fourth-order valence-corrected chi connectivity index (χ4v) is 3.36. The second kappa shape index (κ2) is 7.88. The van der Waals surface area contributed by atoms with Gasteiger partial charge in [-0.3, -0.25) is 4.79 Å². The van der Waals surface area contributed by atoms with Gasteiger partial charge < -0.3 is 10.1 Å². The second-order valence-electron chi connectivity index (χ2n) is 6.30. The Kier molecular flexibility index (Phi) is 6.05. The summed E-state index contributed by atoms with van der Waals surface area (Å²) in [6.45, 7) is 5.51. The number of benzene rings is 2. The lowest BCUT2D eigenvalue weighted by molar-refractivity contribution is -0.118. The number of hydrogen-bond acceptors (Lipinski definition) is 4. The van der Waals surface area contributed by atoms with Gasteiger partial charge in [-0.1, -0.05) is 12.1 Å². The maximum atomic E-state index is 12.1. The fourth-order valence-electron chi connectivity index (χ4n) is 2.37. The first kappa shape index (κ1) is 19.9. The van der Waals surface area contributed by atoms with Gasteiger partial charge in [0.15, 0.2) is 6.61 Å². The summed E-state index contributed by atoms with van der Waals surface area (Å²) in [6, 6.07) is 10.3. The third kappa shape index (κ3) is 4.42. The first-order valence-corrected chi connectivity index (χ1v) is 9.59. The molecule has 0 aliphatic rings. The van der Waals surface area contributed by atoms with Crippen LogP contribution in [0.3, 0.4) is 0 Å². The van der Waals surface area contributed by atoms with Crippen LogP contribution in [0, 0.1) is 20.8 Å². The van der Waals surface area contributed by atoms with Crippen molar-refractivity contribution in [3.8, 4) is 5.75 Å². The lowest BCUT2D eigenvalue weighted by Crippen LogP contribution is -2.22. The number of carbonyl (C=O) groups excluding carboxylic acids is 1. The van der Waals surface area contributed by atoms with Gasteiger partial charge in [-0.25, -0.2) is 12.7 Å². The molecule has 0 heterocycles. The van der Waals surface area contributed by atoms with Crippen molar-refractivity contribution in [1.82, 2.24) is 4.31 Å². The van der Waals surface area contributed by atoms with Crippen molar-refractivity contribution < 1.29 is 17.9 Å². The van der Waals surface area contributed by atoms with Crippen molar-refractivity contribution in [2.75, 3.05) is 26.0 Å². The smallest absolute Gasteiger partial charge is 0.262 e. The third-order valence-electron chi connectivity index (χ3n) is 4.16. The van der Waals surface area contributed by atoms with E-state index in [0.29, 0.717) is 11.3 Å². The second-order valence-corrected chi connectivity index (χ2v) is 8.45. The molecular formula is C19H24N2O4S. The molecular weight excluding hydrogens is 352 g/mol. The van der Waals surface area contributed by atoms with Crippen molar-refractivity contribution >= 4 is 21.6 Å². The van der Waals surface area contributed by atoms with Crippen LogP contribution in [-0.4, -0.2) is 39.3 Å². The van der Waals surface area contributed by atoms with Crippen LogP contribution in [0.4, 0.5) is 5.69 Å². The third-order valence-corrected chi connectivity index (χ3v) is 5.97. The summed E-state index contributed by atoms with van der Waals surface area (Å²) in [4.78, 5) is 12.3. The van der Waals surface area contributed by atoms with Crippen molar-refractivity contribution in [1.29, 1.82) is 0 Å². The molecule has 0 fully saturated rings. The number of hydrogen-bond donors (Lipinski definition) is 1. The van der Waals surface area contributed by atoms with E-state index in [1.807, 2.05) is 32.0 Å². The van der Waals surface area contributed by atoms with Gasteiger partial charge in [0.1, 0.15) is 5.75 Å². The minimum Gasteiger partial charge on any atom is -0.483 e. The van der Waals surface area contributed by atoms with Crippen LogP contribution in [0.25, 0.3) is 0 Å². The fraction of sp³-hybridized carbons (Fsp3) is 0.316. The largest absolute Gasteiger partial charge is 0.483 e. The van der Waals surface area contributed by atoms with E-state index in [0.717, 1.165) is 21.1 Å². The molecule has 140 valence electrons. The molecule has 0 aliphatic carbocycles. The van der Waals surface area contributed by atoms with Gasteiger partial charge in [0.25, 0.3) is 5.91 Å². The van der Waals surface area contributed by atoms with Crippen molar-refractivity contribution in [3.63, 3.8) is 0 Å². The standard InChI is InChI=1S/C19H24N2O4S/c1-13-7-6-8-17(15(13)3)20-19(22)12-25-18-10-9-16(11-14(18)2)26(23,24)21(4)5/h6-11H,12H2,1-5H3,(H,20,22). The number of sulfonamides is 1. The lowest BCUT2D eigenvalue weighted by atomic mass is 10.1. The molecule has 7 heteroatoms. The summed E-state index contributed by atoms with van der Waals surface area (Å²) >= 11 is 0. The quantitative estimate of drug-likeness (QED) is 0.841. The average Bonchev–Trinajstić information content (AvgIpc) is 2.57. The van der Waals surface area contributed by atoms with Crippen LogP contribution in [0.1, 0.15) is 16.7 Å². The Balaban J connectivity index is 2.05. The molecule has 1 N–H and O–H groups in total. The Bertz CT molecular complexity index is 921. The Labute approximate surface area is 154 Å². The van der Waals surface area contributed by atoms with Crippen molar-refractivity contribution in [2.24, 2.45) is 0 Å². The van der Waals surface area contributed by atoms with Gasteiger partial charge in [-0.05, 0) is 61.7 Å². The van der Waals surface area contributed by atoms with E-state index < -0.39 is 10.0 Å². The summed E-state index contributed by atoms with van der Waals surface area (Å²) in [5.74, 6) is 0.196. The summed E-state index contributed by atoms with van der Waals surface area (Å²) in [5, 5.41) is 2.82. The number of ether oxygens (including phenoxy) is 1. The topological polar surface area (TPSA) is 75.7 Å². The lowest BCUT2D eigenvalue weighted by Gasteiger charge is -2.14. The molecule has 1 amide bonds. The average molecular weight is 376 g/mol. The molecule has 2 rings (SSSR count). The van der Waals surface area contributed by atoms with Crippen molar-refractivity contribution in [2.45, 2.75) is 25.7 Å². The van der Waals surface area contributed by atoms with Gasteiger partial charge in [0, 0.05) is 19.8 Å². The Morgan fingerprint density at radius 3 is 2.38 bits per heavy atom. The summed E-state index contributed by atoms with van der Waals surface area (Å²) in [7, 11) is -0.541. The number of rotatable bonds is 6. The predicted octanol–water partition coefficient (Wildman–Crippen LogP) is 2.88. The Morgan fingerprint density at radius 1 is 1.08 bits per heavy atom. The molecule has 2 aromatic rings. The minimum absolute atomic E-state index is 0.159. The highest BCUT2D eigenvalue weighted by atomic mass is 32.2. The van der Waals surface area contributed by atoms with Crippen LogP contribution in [0.5, 0.6) is 5.75 Å². The number of anilines is 1. The molecule has 0 saturated carbocycles. The SMILES string of the molecule is Cc1cc(S(=O)(=O)N(C)C)ccc1OCC(=O)Nc1cccc(C)c1C. The molecule has 0 aliphatic heterocycles. The van der Waals surface area contributed by atoms with Gasteiger partial charge in [0.2, 0.25) is 10.0 Å². The monoisotopic (exact) mass is 376 g/mol. The predicted molar refractivity (Wildman–Crippen MR) is 102 cm³/mol. The summed E-state index contributed by atoms with van der Waals surface area (Å²) < 4.78 is 31.0. The summed E-state index contributed by atoms with van der Waals surface area (Å²) in [5.41, 5.74) is 3.50. The van der Waals surface area contributed by atoms with Crippen LogP contribution in [0.15, 0.2) is 41.3 Å². The highest BCUT2D eigenvalue weighted by molar-refractivity contribution is 7.89. The van der Waals surface area contributed by atoms with E-state index in [1.165, 1.54) is 26.2 Å². The maximum Gasteiger partial charge on any atom is 0.262 e. The first-order chi connectivity index (χ1) is 12.1. The van der Waals surface area contributed by atoms with E-state index >= 15 is 0 Å². The number of nitrogens with one attached hydrogen (secondary N) is 1. The molecule has 0 radical (unpaired) electrons. The van der Waals surface area contributed by atoms with Gasteiger partial charge >= 0.3 is 0 Å².